The van der Waals surface area contributed by atoms with Crippen molar-refractivity contribution in [3.8, 4) is 0 Å². The van der Waals surface area contributed by atoms with Gasteiger partial charge in [-0.15, -0.1) is 0 Å². The van der Waals surface area contributed by atoms with Crippen LogP contribution in [-0.4, -0.2) is 21.0 Å². The van der Waals surface area contributed by atoms with E-state index in [9.17, 15) is 13.9 Å². The molecular weight excluding hydrogens is 394 g/mol. The maximum atomic E-state index is 11.5. The largest absolute Gasteiger partial charge is 0.515 e. The molecule has 0 spiro atoms. The van der Waals surface area contributed by atoms with Crippen molar-refractivity contribution in [2.75, 3.05) is 0 Å². The third-order valence-corrected chi connectivity index (χ3v) is 4.71. The number of allylic oxidation sites excluding steroid dienone is 5. The zero-order valence-electron chi connectivity index (χ0n) is 21.2. The summed E-state index contributed by atoms with van der Waals surface area (Å²) >= 11 is 0. The second-order valence-electron chi connectivity index (χ2n) is 6.74. The molecule has 0 amide bonds. The molecule has 1 aromatic heterocycles. The molecule has 1 aromatic carbocycles. The summed E-state index contributed by atoms with van der Waals surface area (Å²) in [5, 5.41) is 9.67. The molecule has 0 atom stereocenters. The summed E-state index contributed by atoms with van der Waals surface area (Å²) in [5.41, 5.74) is 7.14. The molecule has 176 valence electrons. The molecule has 2 N–H and O–H groups in total. The van der Waals surface area contributed by atoms with Gasteiger partial charge in [0.2, 0.25) is 5.92 Å². The highest BCUT2D eigenvalue weighted by molar-refractivity contribution is 5.85. The number of hydrogen-bond acceptors (Lipinski definition) is 2. The molecule has 31 heavy (non-hydrogen) atoms. The van der Waals surface area contributed by atoms with Crippen LogP contribution in [0.3, 0.4) is 0 Å². The Morgan fingerprint density at radius 1 is 1.10 bits per heavy atom. The number of alkyl halides is 2. The number of aliphatic hydroxyl groups excluding tert-OH is 1. The predicted octanol–water partition coefficient (Wildman–Crippen LogP) is 9.18. The molecule has 5 heteroatoms. The van der Waals surface area contributed by atoms with Crippen LogP contribution in [0.5, 0.6) is 0 Å². The number of halogens is 2. The lowest BCUT2D eigenvalue weighted by Crippen LogP contribution is -2.05. The van der Waals surface area contributed by atoms with Gasteiger partial charge < -0.3 is 10.1 Å². The molecule has 3 nitrogen and oxygen atoms in total. The number of nitrogens with zero attached hydrogens (tertiary/aromatic N) is 1. The average molecular weight is 437 g/mol. The standard InChI is InChI=1S/C18H22N2O.C4H8F2.2C2H6/c1-6-11(2)13(4)14(5)15(10-21)18-19-16-9-7-8-12(3)17(16)20-18;1-3-4(2,5)6;2*1-2/h6-10,21H,1-5H3,(H,19,20);3H2,1-2H3;2*1-2H3/b11-6+,14-13-,15-10-;;;. The number of para-hydroxylation sites is 1. The number of imidazole rings is 1. The Labute approximate surface area is 188 Å². The molecule has 0 unspecified atom stereocenters. The van der Waals surface area contributed by atoms with Gasteiger partial charge in [0.15, 0.2) is 0 Å². The lowest BCUT2D eigenvalue weighted by molar-refractivity contribution is 0.0181. The van der Waals surface area contributed by atoms with Crippen molar-refractivity contribution >= 4 is 16.6 Å². The average Bonchev–Trinajstić information content (AvgIpc) is 3.21. The highest BCUT2D eigenvalue weighted by Crippen LogP contribution is 2.28. The van der Waals surface area contributed by atoms with E-state index >= 15 is 0 Å². The van der Waals surface area contributed by atoms with Crippen LogP contribution >= 0.6 is 0 Å². The van der Waals surface area contributed by atoms with E-state index in [2.05, 4.69) is 29.9 Å². The van der Waals surface area contributed by atoms with E-state index in [1.54, 1.807) is 0 Å². The van der Waals surface area contributed by atoms with Gasteiger partial charge in [-0.05, 0) is 64.3 Å². The van der Waals surface area contributed by atoms with Crippen LogP contribution < -0.4 is 0 Å². The lowest BCUT2D eigenvalue weighted by atomic mass is 9.98. The summed E-state index contributed by atoms with van der Waals surface area (Å²) in [5.74, 6) is -1.76. The van der Waals surface area contributed by atoms with E-state index in [1.807, 2.05) is 66.7 Å². The Kier molecular flexibility index (Phi) is 15.3. The van der Waals surface area contributed by atoms with E-state index < -0.39 is 5.92 Å². The summed E-state index contributed by atoms with van der Waals surface area (Å²) in [6, 6.07) is 6.03. The van der Waals surface area contributed by atoms with Crippen molar-refractivity contribution in [3.63, 3.8) is 0 Å². The van der Waals surface area contributed by atoms with Crippen molar-refractivity contribution in [2.45, 2.75) is 88.5 Å². The molecule has 0 saturated carbocycles. The van der Waals surface area contributed by atoms with E-state index in [-0.39, 0.29) is 6.42 Å². The molecule has 0 aliphatic carbocycles. The fourth-order valence-electron chi connectivity index (χ4n) is 2.35. The van der Waals surface area contributed by atoms with Crippen LogP contribution in [0.2, 0.25) is 0 Å². The molecule has 2 rings (SSSR count). The van der Waals surface area contributed by atoms with Crippen LogP contribution in [0.1, 0.15) is 87.0 Å². The lowest BCUT2D eigenvalue weighted by Gasteiger charge is -2.09. The highest BCUT2D eigenvalue weighted by Gasteiger charge is 2.16. The Morgan fingerprint density at radius 2 is 1.61 bits per heavy atom. The second kappa shape index (κ2) is 15.4. The third-order valence-electron chi connectivity index (χ3n) is 4.71. The van der Waals surface area contributed by atoms with E-state index in [0.717, 1.165) is 46.5 Å². The fraction of sp³-hybridized carbons (Fsp3) is 0.500. The van der Waals surface area contributed by atoms with Gasteiger partial charge >= 0.3 is 0 Å². The van der Waals surface area contributed by atoms with Crippen LogP contribution in [0.4, 0.5) is 8.78 Å². The van der Waals surface area contributed by atoms with E-state index in [1.165, 1.54) is 12.5 Å². The van der Waals surface area contributed by atoms with Crippen LogP contribution in [0.25, 0.3) is 16.6 Å². The molecule has 0 radical (unpaired) electrons. The monoisotopic (exact) mass is 436 g/mol. The van der Waals surface area contributed by atoms with Gasteiger partial charge in [-0.3, -0.25) is 0 Å². The second-order valence-corrected chi connectivity index (χ2v) is 6.74. The zero-order chi connectivity index (χ0) is 24.8. The van der Waals surface area contributed by atoms with Gasteiger partial charge in [0.1, 0.15) is 5.82 Å². The topological polar surface area (TPSA) is 48.9 Å². The Morgan fingerprint density at radius 3 is 2.00 bits per heavy atom. The number of aliphatic hydroxyl groups is 1. The maximum absolute atomic E-state index is 11.5. The predicted molar refractivity (Wildman–Crippen MR) is 133 cm³/mol. The first kappa shape index (κ1) is 30.8. The Balaban J connectivity index is 0. The SMILES string of the molecule is C/C=C(C)/C(C)=C(C)\C(=C\O)c1nc2c(C)cccc2[nH]1.CC.CC.CCC(C)(F)F. The highest BCUT2D eigenvalue weighted by atomic mass is 19.3. The minimum absolute atomic E-state index is 0.0625. The Bertz CT molecular complexity index is 869. The van der Waals surface area contributed by atoms with Gasteiger partial charge in [0.25, 0.3) is 0 Å². The van der Waals surface area contributed by atoms with Crippen LogP contribution in [-0.2, 0) is 0 Å². The van der Waals surface area contributed by atoms with Crippen LogP contribution in [0, 0.1) is 6.92 Å². The van der Waals surface area contributed by atoms with Crippen molar-refractivity contribution < 1.29 is 13.9 Å². The number of nitrogens with one attached hydrogen (secondary N) is 1. The molecule has 0 fully saturated rings. The first-order chi connectivity index (χ1) is 14.6. The van der Waals surface area contributed by atoms with Gasteiger partial charge in [0, 0.05) is 6.42 Å². The van der Waals surface area contributed by atoms with Gasteiger partial charge in [-0.2, -0.15) is 0 Å². The van der Waals surface area contributed by atoms with Crippen molar-refractivity contribution in [1.82, 2.24) is 9.97 Å². The quantitative estimate of drug-likeness (QED) is 0.371. The zero-order valence-corrected chi connectivity index (χ0v) is 21.2. The molecule has 0 aliphatic rings. The number of aryl methyl sites for hydroxylation is 1. The number of rotatable bonds is 4. The van der Waals surface area contributed by atoms with Crippen molar-refractivity contribution in [1.29, 1.82) is 0 Å². The number of benzene rings is 1. The molecule has 0 saturated heterocycles. The van der Waals surface area contributed by atoms with E-state index in [4.69, 9.17) is 0 Å². The number of hydrogen-bond donors (Lipinski definition) is 2. The summed E-state index contributed by atoms with van der Waals surface area (Å²) in [4.78, 5) is 7.92. The summed E-state index contributed by atoms with van der Waals surface area (Å²) in [6.07, 6.45) is 3.14. The third kappa shape index (κ3) is 9.95. The summed E-state index contributed by atoms with van der Waals surface area (Å²) < 4.78 is 22.9. The van der Waals surface area contributed by atoms with Crippen LogP contribution in [0.15, 0.2) is 47.3 Å². The molecule has 1 heterocycles. The normalized spacial score (nSPS) is 12.5. The number of aromatic amines is 1. The maximum Gasteiger partial charge on any atom is 0.245 e. The summed E-state index contributed by atoms with van der Waals surface area (Å²) in [6.45, 7) is 20.5. The minimum Gasteiger partial charge on any atom is -0.515 e. The molecule has 0 bridgehead atoms. The number of fused-ring (bicyclic) bond motifs is 1. The minimum atomic E-state index is -2.46. The first-order valence-electron chi connectivity index (χ1n) is 11.0. The molecule has 0 aliphatic heterocycles. The fourth-order valence-corrected chi connectivity index (χ4v) is 2.35. The molecule has 2 aromatic rings. The van der Waals surface area contributed by atoms with Gasteiger partial charge in [0.05, 0.1) is 22.9 Å². The van der Waals surface area contributed by atoms with Crippen molar-refractivity contribution in [2.24, 2.45) is 0 Å². The molecular formula is C26H42F2N2O. The Hall–Kier alpha value is -2.43. The van der Waals surface area contributed by atoms with Gasteiger partial charge in [-0.1, -0.05) is 58.4 Å². The summed E-state index contributed by atoms with van der Waals surface area (Å²) in [7, 11) is 0. The van der Waals surface area contributed by atoms with Crippen molar-refractivity contribution in [3.05, 3.63) is 58.6 Å². The van der Waals surface area contributed by atoms with Gasteiger partial charge in [-0.25, -0.2) is 13.8 Å². The first-order valence-corrected chi connectivity index (χ1v) is 11.0. The van der Waals surface area contributed by atoms with E-state index in [0.29, 0.717) is 5.82 Å². The number of H-pyrrole nitrogens is 1. The number of aromatic nitrogens is 2. The smallest absolute Gasteiger partial charge is 0.245 e.